The van der Waals surface area contributed by atoms with Crippen molar-refractivity contribution in [3.8, 4) is 11.5 Å². The van der Waals surface area contributed by atoms with Crippen LogP contribution >= 0.6 is 23.2 Å². The molecule has 1 heterocycles. The van der Waals surface area contributed by atoms with Crippen LogP contribution in [0, 0.1) is 0 Å². The number of para-hydroxylation sites is 1. The molecule has 18 heavy (non-hydrogen) atoms. The highest BCUT2D eigenvalue weighted by Gasteiger charge is 2.08. The first kappa shape index (κ1) is 11.5. The highest BCUT2D eigenvalue weighted by Crippen LogP contribution is 2.34. The molecule has 0 radical (unpaired) electrons. The van der Waals surface area contributed by atoms with E-state index in [1.165, 1.54) is 0 Å². The minimum Gasteiger partial charge on any atom is -0.453 e. The summed E-state index contributed by atoms with van der Waals surface area (Å²) in [6, 6.07) is 14.6. The highest BCUT2D eigenvalue weighted by atomic mass is 35.5. The second kappa shape index (κ2) is 4.56. The molecule has 3 rings (SSSR count). The van der Waals surface area contributed by atoms with Crippen molar-refractivity contribution in [3.63, 3.8) is 0 Å². The lowest BCUT2D eigenvalue weighted by Gasteiger charge is -2.06. The summed E-state index contributed by atoms with van der Waals surface area (Å²) in [6.07, 6.45) is 0. The van der Waals surface area contributed by atoms with Crippen molar-refractivity contribution in [1.82, 2.24) is 0 Å². The van der Waals surface area contributed by atoms with E-state index in [-0.39, 0.29) is 0 Å². The fraction of sp³-hybridized carbons (Fsp3) is 0. The van der Waals surface area contributed by atoms with E-state index in [0.717, 1.165) is 5.39 Å². The molecular formula is C14H8Cl2O2. The zero-order chi connectivity index (χ0) is 12.5. The summed E-state index contributed by atoms with van der Waals surface area (Å²) < 4.78 is 11.2. The van der Waals surface area contributed by atoms with Crippen molar-refractivity contribution in [1.29, 1.82) is 0 Å². The Kier molecular flexibility index (Phi) is 2.90. The minimum atomic E-state index is 0.340. The average Bonchev–Trinajstić information content (AvgIpc) is 2.71. The molecule has 0 saturated heterocycles. The van der Waals surface area contributed by atoms with Gasteiger partial charge in [0.2, 0.25) is 0 Å². The van der Waals surface area contributed by atoms with Crippen molar-refractivity contribution in [3.05, 3.63) is 58.8 Å². The standard InChI is InChI=1S/C14H8Cl2O2/c15-10-4-2-5-11(8-10)17-12-6-1-3-9-7-13(16)18-14(9)12/h1-8H. The molecule has 0 spiro atoms. The second-order valence-electron chi connectivity index (χ2n) is 3.78. The largest absolute Gasteiger partial charge is 0.453 e. The van der Waals surface area contributed by atoms with E-state index < -0.39 is 0 Å². The second-order valence-corrected chi connectivity index (χ2v) is 4.59. The number of fused-ring (bicyclic) bond motifs is 1. The van der Waals surface area contributed by atoms with Crippen LogP contribution in [0.25, 0.3) is 11.0 Å². The zero-order valence-corrected chi connectivity index (χ0v) is 10.7. The van der Waals surface area contributed by atoms with E-state index in [4.69, 9.17) is 32.4 Å². The predicted molar refractivity (Wildman–Crippen MR) is 72.8 cm³/mol. The Balaban J connectivity index is 2.04. The molecule has 0 saturated carbocycles. The maximum Gasteiger partial charge on any atom is 0.194 e. The summed E-state index contributed by atoms with van der Waals surface area (Å²) >= 11 is 11.7. The lowest BCUT2D eigenvalue weighted by molar-refractivity contribution is 0.473. The number of halogens is 2. The van der Waals surface area contributed by atoms with E-state index in [0.29, 0.717) is 27.3 Å². The van der Waals surface area contributed by atoms with Crippen LogP contribution in [0.2, 0.25) is 10.2 Å². The van der Waals surface area contributed by atoms with Crippen molar-refractivity contribution in [2.24, 2.45) is 0 Å². The van der Waals surface area contributed by atoms with Crippen LogP contribution in [-0.4, -0.2) is 0 Å². The Hall–Kier alpha value is -1.64. The van der Waals surface area contributed by atoms with Crippen molar-refractivity contribution < 1.29 is 9.15 Å². The summed E-state index contributed by atoms with van der Waals surface area (Å²) in [5.74, 6) is 1.27. The molecule has 2 aromatic carbocycles. The Labute approximate surface area is 114 Å². The molecule has 0 bridgehead atoms. The van der Waals surface area contributed by atoms with Gasteiger partial charge in [0.25, 0.3) is 0 Å². The first-order chi connectivity index (χ1) is 8.72. The SMILES string of the molecule is Clc1cccc(Oc2cccc3cc(Cl)oc23)c1. The van der Waals surface area contributed by atoms with Crippen LogP contribution in [-0.2, 0) is 0 Å². The first-order valence-electron chi connectivity index (χ1n) is 5.34. The van der Waals surface area contributed by atoms with Crippen molar-refractivity contribution in [2.45, 2.75) is 0 Å². The third kappa shape index (κ3) is 2.17. The molecule has 0 aliphatic carbocycles. The fourth-order valence-electron chi connectivity index (χ4n) is 1.74. The molecule has 0 amide bonds. The zero-order valence-electron chi connectivity index (χ0n) is 9.19. The summed E-state index contributed by atoms with van der Waals surface area (Å²) in [7, 11) is 0. The highest BCUT2D eigenvalue weighted by molar-refractivity contribution is 6.30. The lowest BCUT2D eigenvalue weighted by Crippen LogP contribution is -1.84. The van der Waals surface area contributed by atoms with Gasteiger partial charge in [-0.3, -0.25) is 0 Å². The average molecular weight is 279 g/mol. The normalized spacial score (nSPS) is 10.8. The van der Waals surface area contributed by atoms with Crippen molar-refractivity contribution in [2.75, 3.05) is 0 Å². The van der Waals surface area contributed by atoms with Gasteiger partial charge in [0, 0.05) is 16.5 Å². The molecule has 0 aliphatic heterocycles. The molecule has 90 valence electrons. The third-order valence-electron chi connectivity index (χ3n) is 2.50. The summed E-state index contributed by atoms with van der Waals surface area (Å²) in [4.78, 5) is 0. The third-order valence-corrected chi connectivity index (χ3v) is 2.92. The van der Waals surface area contributed by atoms with Gasteiger partial charge >= 0.3 is 0 Å². The van der Waals surface area contributed by atoms with Crippen LogP contribution in [0.5, 0.6) is 11.5 Å². The summed E-state index contributed by atoms with van der Waals surface area (Å²) in [5, 5.41) is 1.86. The van der Waals surface area contributed by atoms with E-state index in [1.807, 2.05) is 30.3 Å². The molecule has 1 aromatic heterocycles. The Morgan fingerprint density at radius 3 is 2.61 bits per heavy atom. The Bertz CT molecular complexity index is 704. The van der Waals surface area contributed by atoms with Gasteiger partial charge in [0.1, 0.15) is 5.75 Å². The van der Waals surface area contributed by atoms with Crippen LogP contribution in [0.4, 0.5) is 0 Å². The number of ether oxygens (including phenoxy) is 1. The van der Waals surface area contributed by atoms with Gasteiger partial charge in [0.05, 0.1) is 0 Å². The van der Waals surface area contributed by atoms with E-state index in [1.54, 1.807) is 18.2 Å². The number of furan rings is 1. The van der Waals surface area contributed by atoms with Gasteiger partial charge in [-0.05, 0) is 35.9 Å². The molecule has 0 aliphatic rings. The molecule has 0 N–H and O–H groups in total. The lowest BCUT2D eigenvalue weighted by atomic mass is 10.2. The molecule has 2 nitrogen and oxygen atoms in total. The fourth-order valence-corrected chi connectivity index (χ4v) is 2.12. The molecule has 3 aromatic rings. The number of hydrogen-bond donors (Lipinski definition) is 0. The van der Waals surface area contributed by atoms with Crippen LogP contribution in [0.3, 0.4) is 0 Å². The maximum atomic E-state index is 5.91. The molecule has 4 heteroatoms. The topological polar surface area (TPSA) is 22.4 Å². The molecule has 0 atom stereocenters. The smallest absolute Gasteiger partial charge is 0.194 e. The van der Waals surface area contributed by atoms with Gasteiger partial charge < -0.3 is 9.15 Å². The quantitative estimate of drug-likeness (QED) is 0.615. The van der Waals surface area contributed by atoms with Gasteiger partial charge in [-0.15, -0.1) is 0 Å². The van der Waals surface area contributed by atoms with Crippen molar-refractivity contribution >= 4 is 34.2 Å². The molecule has 0 fully saturated rings. The van der Waals surface area contributed by atoms with Gasteiger partial charge in [-0.25, -0.2) is 0 Å². The monoisotopic (exact) mass is 278 g/mol. The van der Waals surface area contributed by atoms with Gasteiger partial charge in [-0.1, -0.05) is 29.8 Å². The Morgan fingerprint density at radius 1 is 0.944 bits per heavy atom. The summed E-state index contributed by atoms with van der Waals surface area (Å²) in [6.45, 7) is 0. The van der Waals surface area contributed by atoms with Crippen LogP contribution in [0.1, 0.15) is 0 Å². The predicted octanol–water partition coefficient (Wildman–Crippen LogP) is 5.53. The van der Waals surface area contributed by atoms with Gasteiger partial charge in [-0.2, -0.15) is 0 Å². The van der Waals surface area contributed by atoms with Gasteiger partial charge in [0.15, 0.2) is 16.6 Å². The summed E-state index contributed by atoms with van der Waals surface area (Å²) in [5.41, 5.74) is 0.627. The number of hydrogen-bond acceptors (Lipinski definition) is 2. The first-order valence-corrected chi connectivity index (χ1v) is 6.09. The van der Waals surface area contributed by atoms with E-state index >= 15 is 0 Å². The molecular weight excluding hydrogens is 271 g/mol. The van der Waals surface area contributed by atoms with E-state index in [2.05, 4.69) is 0 Å². The maximum absolute atomic E-state index is 5.91. The Morgan fingerprint density at radius 2 is 1.78 bits per heavy atom. The number of benzene rings is 2. The van der Waals surface area contributed by atoms with E-state index in [9.17, 15) is 0 Å². The molecule has 0 unspecified atom stereocenters. The van der Waals surface area contributed by atoms with Crippen LogP contribution < -0.4 is 4.74 Å². The number of rotatable bonds is 2. The van der Waals surface area contributed by atoms with Crippen LogP contribution in [0.15, 0.2) is 52.9 Å². The minimum absolute atomic E-state index is 0.340.